The van der Waals surface area contributed by atoms with Crippen molar-refractivity contribution in [3.63, 3.8) is 0 Å². The van der Waals surface area contributed by atoms with E-state index in [2.05, 4.69) is 0 Å². The van der Waals surface area contributed by atoms with E-state index in [1.165, 1.54) is 51.4 Å². The molecule has 0 unspecified atom stereocenters. The molecule has 0 atom stereocenters. The summed E-state index contributed by atoms with van der Waals surface area (Å²) in [7, 11) is 0. The minimum atomic E-state index is -0.380. The number of aliphatic hydroxyl groups excluding tert-OH is 4. The predicted molar refractivity (Wildman–Crippen MR) is 99.9 cm³/mol. The maximum absolute atomic E-state index is 9.51. The Morgan fingerprint density at radius 3 is 0.875 bits per heavy atom. The van der Waals surface area contributed by atoms with Crippen molar-refractivity contribution in [2.75, 3.05) is 13.2 Å². The topological polar surface area (TPSA) is 80.9 Å². The van der Waals surface area contributed by atoms with Crippen molar-refractivity contribution in [3.05, 3.63) is 0 Å². The Balaban J connectivity index is 0.000000463. The van der Waals surface area contributed by atoms with E-state index >= 15 is 0 Å². The Bertz CT molecular complexity index is 260. The molecule has 0 aliphatic heterocycles. The molecule has 0 aromatic rings. The first kappa shape index (κ1) is 23.8. The molecule has 0 heterocycles. The zero-order valence-electron chi connectivity index (χ0n) is 16.4. The molecule has 1 fully saturated rings. The highest BCUT2D eigenvalue weighted by atomic mass is 16.3. The van der Waals surface area contributed by atoms with Gasteiger partial charge in [-0.25, -0.2) is 0 Å². The molecule has 4 nitrogen and oxygen atoms in total. The summed E-state index contributed by atoms with van der Waals surface area (Å²) in [6.07, 6.45) is 11.4. The third-order valence-corrected chi connectivity index (χ3v) is 5.39. The van der Waals surface area contributed by atoms with Crippen LogP contribution in [0.15, 0.2) is 0 Å². The van der Waals surface area contributed by atoms with Gasteiger partial charge in [0.05, 0.1) is 12.2 Å². The molecule has 0 amide bonds. The molecular formula is C20H42O4. The third-order valence-electron chi connectivity index (χ3n) is 5.39. The van der Waals surface area contributed by atoms with E-state index in [0.717, 1.165) is 12.8 Å². The van der Waals surface area contributed by atoms with Crippen LogP contribution in [0.25, 0.3) is 0 Å². The van der Waals surface area contributed by atoms with Crippen molar-refractivity contribution in [1.29, 1.82) is 0 Å². The maximum atomic E-state index is 9.51. The van der Waals surface area contributed by atoms with E-state index in [1.807, 2.05) is 27.7 Å². The molecule has 0 aromatic carbocycles. The van der Waals surface area contributed by atoms with Crippen LogP contribution in [0, 0.1) is 10.8 Å². The number of hydrogen-bond donors (Lipinski definition) is 4. The zero-order valence-corrected chi connectivity index (χ0v) is 16.4. The lowest BCUT2D eigenvalue weighted by Crippen LogP contribution is -2.67. The Kier molecular flexibility index (Phi) is 12.2. The SMILES string of the molecule is CC1(C)C(O)C(C)(C)C1O.OCCCCCCCCCCCCO. The average molecular weight is 347 g/mol. The molecule has 4 N–H and O–H groups in total. The van der Waals surface area contributed by atoms with Crippen LogP contribution in [-0.2, 0) is 0 Å². The molecule has 0 aromatic heterocycles. The Morgan fingerprint density at radius 1 is 0.500 bits per heavy atom. The summed E-state index contributed by atoms with van der Waals surface area (Å²) in [5, 5.41) is 36.2. The first-order valence-electron chi connectivity index (χ1n) is 9.80. The summed E-state index contributed by atoms with van der Waals surface area (Å²) in [6, 6.07) is 0. The summed E-state index contributed by atoms with van der Waals surface area (Å²) in [4.78, 5) is 0. The molecule has 24 heavy (non-hydrogen) atoms. The van der Waals surface area contributed by atoms with Gasteiger partial charge in [0.2, 0.25) is 0 Å². The van der Waals surface area contributed by atoms with Crippen LogP contribution in [0.2, 0.25) is 0 Å². The van der Waals surface area contributed by atoms with Crippen LogP contribution < -0.4 is 0 Å². The van der Waals surface area contributed by atoms with Gasteiger partial charge in [0.1, 0.15) is 0 Å². The molecule has 0 spiro atoms. The molecule has 4 heteroatoms. The van der Waals surface area contributed by atoms with Crippen LogP contribution in [0.1, 0.15) is 91.9 Å². The van der Waals surface area contributed by atoms with Gasteiger partial charge in [-0.3, -0.25) is 0 Å². The average Bonchev–Trinajstić information content (AvgIpc) is 2.55. The lowest BCUT2D eigenvalue weighted by Gasteiger charge is -2.59. The van der Waals surface area contributed by atoms with Crippen LogP contribution in [0.4, 0.5) is 0 Å². The van der Waals surface area contributed by atoms with Crippen LogP contribution in [-0.4, -0.2) is 45.8 Å². The first-order valence-corrected chi connectivity index (χ1v) is 9.80. The summed E-state index contributed by atoms with van der Waals surface area (Å²) >= 11 is 0. The van der Waals surface area contributed by atoms with Gasteiger partial charge in [-0.05, 0) is 12.8 Å². The van der Waals surface area contributed by atoms with Crippen molar-refractivity contribution in [3.8, 4) is 0 Å². The minimum Gasteiger partial charge on any atom is -0.396 e. The second-order valence-electron chi connectivity index (χ2n) is 8.43. The quantitative estimate of drug-likeness (QED) is 0.431. The predicted octanol–water partition coefficient (Wildman–Crippen LogP) is 3.65. The second-order valence-corrected chi connectivity index (χ2v) is 8.43. The fourth-order valence-corrected chi connectivity index (χ4v) is 3.76. The van der Waals surface area contributed by atoms with Gasteiger partial charge in [0.25, 0.3) is 0 Å². The van der Waals surface area contributed by atoms with E-state index in [9.17, 15) is 10.2 Å². The fourth-order valence-electron chi connectivity index (χ4n) is 3.76. The molecule has 146 valence electrons. The van der Waals surface area contributed by atoms with Gasteiger partial charge >= 0.3 is 0 Å². The molecule has 1 saturated carbocycles. The number of hydrogen-bond acceptors (Lipinski definition) is 4. The lowest BCUT2D eigenvalue weighted by molar-refractivity contribution is -0.247. The van der Waals surface area contributed by atoms with E-state index in [0.29, 0.717) is 13.2 Å². The minimum absolute atomic E-state index is 0.316. The molecule has 0 radical (unpaired) electrons. The Labute approximate surface area is 149 Å². The van der Waals surface area contributed by atoms with Crippen LogP contribution in [0.3, 0.4) is 0 Å². The largest absolute Gasteiger partial charge is 0.396 e. The van der Waals surface area contributed by atoms with Gasteiger partial charge < -0.3 is 20.4 Å². The van der Waals surface area contributed by atoms with E-state index in [-0.39, 0.29) is 23.0 Å². The number of aliphatic hydroxyl groups is 4. The summed E-state index contributed by atoms with van der Waals surface area (Å²) < 4.78 is 0. The normalized spacial score (nSPS) is 24.0. The number of unbranched alkanes of at least 4 members (excludes halogenated alkanes) is 9. The monoisotopic (exact) mass is 346 g/mol. The van der Waals surface area contributed by atoms with Crippen molar-refractivity contribution >= 4 is 0 Å². The van der Waals surface area contributed by atoms with Gasteiger partial charge in [-0.15, -0.1) is 0 Å². The van der Waals surface area contributed by atoms with Crippen molar-refractivity contribution in [2.24, 2.45) is 10.8 Å². The van der Waals surface area contributed by atoms with Gasteiger partial charge in [0, 0.05) is 24.0 Å². The highest BCUT2D eigenvalue weighted by molar-refractivity contribution is 5.09. The third kappa shape index (κ3) is 7.81. The van der Waals surface area contributed by atoms with Crippen molar-refractivity contribution in [1.82, 2.24) is 0 Å². The van der Waals surface area contributed by atoms with Crippen LogP contribution in [0.5, 0.6) is 0 Å². The zero-order chi connectivity index (χ0) is 18.6. The van der Waals surface area contributed by atoms with Gasteiger partial charge in [0.15, 0.2) is 0 Å². The molecule has 0 bridgehead atoms. The molecule has 0 saturated heterocycles. The van der Waals surface area contributed by atoms with Gasteiger partial charge in [-0.2, -0.15) is 0 Å². The highest BCUT2D eigenvalue weighted by Crippen LogP contribution is 2.53. The second kappa shape index (κ2) is 12.2. The molecule has 1 aliphatic carbocycles. The Hall–Kier alpha value is -0.160. The van der Waals surface area contributed by atoms with Gasteiger partial charge in [-0.1, -0.05) is 79.1 Å². The van der Waals surface area contributed by atoms with E-state index < -0.39 is 0 Å². The summed E-state index contributed by atoms with van der Waals surface area (Å²) in [5.74, 6) is 0. The summed E-state index contributed by atoms with van der Waals surface area (Å²) in [6.45, 7) is 8.23. The van der Waals surface area contributed by atoms with E-state index in [4.69, 9.17) is 10.2 Å². The Morgan fingerprint density at radius 2 is 0.708 bits per heavy atom. The van der Waals surface area contributed by atoms with E-state index in [1.54, 1.807) is 0 Å². The maximum Gasteiger partial charge on any atom is 0.0691 e. The number of rotatable bonds is 11. The van der Waals surface area contributed by atoms with Crippen molar-refractivity contribution < 1.29 is 20.4 Å². The molecule has 1 aliphatic rings. The van der Waals surface area contributed by atoms with Crippen molar-refractivity contribution in [2.45, 2.75) is 104 Å². The molecule has 1 rings (SSSR count). The fraction of sp³-hybridized carbons (Fsp3) is 1.00. The smallest absolute Gasteiger partial charge is 0.0691 e. The van der Waals surface area contributed by atoms with Crippen LogP contribution >= 0.6 is 0 Å². The first-order chi connectivity index (χ1) is 11.2. The molecular weight excluding hydrogens is 304 g/mol. The highest BCUT2D eigenvalue weighted by Gasteiger charge is 2.60. The summed E-state index contributed by atoms with van der Waals surface area (Å²) in [5.41, 5.74) is -0.632. The lowest BCUT2D eigenvalue weighted by atomic mass is 9.51. The standard InChI is InChI=1S/C12H26O2.C8H16O2/c13-11-9-7-5-3-1-2-4-6-8-10-12-14;1-7(2)5(9)8(3,4)6(7)10/h13-14H,1-12H2;5-6,9-10H,1-4H3.